The topological polar surface area (TPSA) is 12.0 Å². The summed E-state index contributed by atoms with van der Waals surface area (Å²) in [6.45, 7) is 1.28. The van der Waals surface area contributed by atoms with Gasteiger partial charge in [-0.3, -0.25) is 0 Å². The lowest BCUT2D eigenvalue weighted by Crippen LogP contribution is -2.57. The van der Waals surface area contributed by atoms with Crippen molar-refractivity contribution < 1.29 is 0 Å². The Bertz CT molecular complexity index is 102. The molecule has 0 aromatic carbocycles. The fourth-order valence-corrected chi connectivity index (χ4v) is 2.13. The molecule has 1 aliphatic carbocycles. The fraction of sp³-hybridized carbons (Fsp3) is 1.00. The van der Waals surface area contributed by atoms with Gasteiger partial charge in [-0.05, 0) is 25.8 Å². The molecular weight excluding hydrogens is 146 g/mol. The van der Waals surface area contributed by atoms with Gasteiger partial charge in [-0.15, -0.1) is 12.4 Å². The molecule has 10 heavy (non-hydrogen) atoms. The first-order valence-corrected chi connectivity index (χ1v) is 4.16. The maximum atomic E-state index is 3.56. The van der Waals surface area contributed by atoms with E-state index in [2.05, 4.69) is 5.32 Å². The van der Waals surface area contributed by atoms with E-state index >= 15 is 0 Å². The van der Waals surface area contributed by atoms with Crippen LogP contribution in [0.5, 0.6) is 0 Å². The van der Waals surface area contributed by atoms with Gasteiger partial charge in [0.05, 0.1) is 0 Å². The highest BCUT2D eigenvalue weighted by Crippen LogP contribution is 2.34. The Morgan fingerprint density at radius 3 is 1.80 bits per heavy atom. The lowest BCUT2D eigenvalue weighted by atomic mass is 9.75. The van der Waals surface area contributed by atoms with E-state index in [-0.39, 0.29) is 12.4 Å². The number of rotatable bonds is 0. The summed E-state index contributed by atoms with van der Waals surface area (Å²) in [4.78, 5) is 0. The fourth-order valence-electron chi connectivity index (χ4n) is 2.13. The molecule has 2 rings (SSSR count). The first-order chi connectivity index (χ1) is 4.41. The predicted octanol–water partition coefficient (Wildman–Crippen LogP) is 2.10. The van der Waals surface area contributed by atoms with Crippen LogP contribution in [0.4, 0.5) is 0 Å². The second kappa shape index (κ2) is 3.10. The van der Waals surface area contributed by atoms with Crippen LogP contribution in [-0.2, 0) is 0 Å². The van der Waals surface area contributed by atoms with Gasteiger partial charge >= 0.3 is 0 Å². The smallest absolute Gasteiger partial charge is 0.0193 e. The molecule has 0 aromatic rings. The second-order valence-electron chi connectivity index (χ2n) is 3.52. The molecule has 60 valence electrons. The normalized spacial score (nSPS) is 28.8. The maximum absolute atomic E-state index is 3.56. The van der Waals surface area contributed by atoms with Crippen LogP contribution in [0.2, 0.25) is 0 Å². The van der Waals surface area contributed by atoms with Crippen molar-refractivity contribution in [3.8, 4) is 0 Å². The van der Waals surface area contributed by atoms with E-state index in [0.717, 1.165) is 0 Å². The van der Waals surface area contributed by atoms with Crippen LogP contribution in [-0.4, -0.2) is 12.1 Å². The van der Waals surface area contributed by atoms with Crippen LogP contribution >= 0.6 is 12.4 Å². The molecule has 1 saturated carbocycles. The molecule has 0 bridgehead atoms. The molecule has 1 aliphatic heterocycles. The van der Waals surface area contributed by atoms with E-state index in [1.807, 2.05) is 0 Å². The summed E-state index contributed by atoms with van der Waals surface area (Å²) in [6.07, 6.45) is 8.76. The average molecular weight is 162 g/mol. The van der Waals surface area contributed by atoms with Gasteiger partial charge in [0.25, 0.3) is 0 Å². The van der Waals surface area contributed by atoms with Crippen LogP contribution < -0.4 is 5.32 Å². The maximum Gasteiger partial charge on any atom is 0.0193 e. The highest BCUT2D eigenvalue weighted by molar-refractivity contribution is 5.85. The molecule has 1 heterocycles. The molecule has 1 nitrogen and oxygen atoms in total. The van der Waals surface area contributed by atoms with Gasteiger partial charge in [-0.2, -0.15) is 0 Å². The summed E-state index contributed by atoms with van der Waals surface area (Å²) in [5.41, 5.74) is 0.651. The van der Waals surface area contributed by atoms with Gasteiger partial charge in [0, 0.05) is 5.54 Å². The predicted molar refractivity (Wildman–Crippen MR) is 45.7 cm³/mol. The van der Waals surface area contributed by atoms with Crippen LogP contribution in [0.25, 0.3) is 0 Å². The van der Waals surface area contributed by atoms with Crippen molar-refractivity contribution in [3.05, 3.63) is 0 Å². The van der Waals surface area contributed by atoms with Crippen LogP contribution in [0.3, 0.4) is 0 Å². The minimum Gasteiger partial charge on any atom is -0.311 e. The molecule has 0 aromatic heterocycles. The first kappa shape index (κ1) is 8.35. The third-order valence-corrected chi connectivity index (χ3v) is 2.91. The van der Waals surface area contributed by atoms with E-state index < -0.39 is 0 Å². The van der Waals surface area contributed by atoms with Crippen LogP contribution in [0.1, 0.15) is 38.5 Å². The SMILES string of the molecule is C1CCC2(CC1)CCN2.Cl. The summed E-state index contributed by atoms with van der Waals surface area (Å²) in [5.74, 6) is 0. The van der Waals surface area contributed by atoms with Crippen LogP contribution in [0, 0.1) is 0 Å². The molecule has 0 amide bonds. The molecule has 2 aliphatic rings. The Labute approximate surface area is 69.0 Å². The molecule has 2 heteroatoms. The zero-order valence-electron chi connectivity index (χ0n) is 6.36. The van der Waals surface area contributed by atoms with Crippen molar-refractivity contribution in [1.82, 2.24) is 5.32 Å². The molecule has 1 spiro atoms. The lowest BCUT2D eigenvalue weighted by molar-refractivity contribution is 0.144. The minimum atomic E-state index is 0. The van der Waals surface area contributed by atoms with E-state index in [9.17, 15) is 0 Å². The highest BCUT2D eigenvalue weighted by Gasteiger charge is 2.36. The average Bonchev–Trinajstić information content (AvgIpc) is 1.87. The van der Waals surface area contributed by atoms with Crippen molar-refractivity contribution in [2.45, 2.75) is 44.1 Å². The van der Waals surface area contributed by atoms with Gasteiger partial charge in [-0.1, -0.05) is 19.3 Å². The van der Waals surface area contributed by atoms with Gasteiger partial charge in [0.1, 0.15) is 0 Å². The molecule has 1 N–H and O–H groups in total. The van der Waals surface area contributed by atoms with Crippen molar-refractivity contribution in [1.29, 1.82) is 0 Å². The van der Waals surface area contributed by atoms with Gasteiger partial charge < -0.3 is 5.32 Å². The zero-order chi connectivity index (χ0) is 6.16. The lowest BCUT2D eigenvalue weighted by Gasteiger charge is -2.46. The Hall–Kier alpha value is 0.250. The van der Waals surface area contributed by atoms with Gasteiger partial charge in [-0.25, -0.2) is 0 Å². The van der Waals surface area contributed by atoms with Crippen molar-refractivity contribution in [2.75, 3.05) is 6.54 Å². The highest BCUT2D eigenvalue weighted by atomic mass is 35.5. The first-order valence-electron chi connectivity index (χ1n) is 4.16. The minimum absolute atomic E-state index is 0. The Kier molecular flexibility index (Phi) is 2.59. The third-order valence-electron chi connectivity index (χ3n) is 2.91. The molecular formula is C8H16ClN. The van der Waals surface area contributed by atoms with Crippen molar-refractivity contribution in [2.24, 2.45) is 0 Å². The Balaban J connectivity index is 0.000000500. The number of hydrogen-bond acceptors (Lipinski definition) is 1. The number of halogens is 1. The van der Waals surface area contributed by atoms with E-state index in [1.54, 1.807) is 0 Å². The van der Waals surface area contributed by atoms with Crippen molar-refractivity contribution >= 4 is 12.4 Å². The van der Waals surface area contributed by atoms with Gasteiger partial charge in [0.2, 0.25) is 0 Å². The van der Waals surface area contributed by atoms with E-state index in [4.69, 9.17) is 0 Å². The van der Waals surface area contributed by atoms with Gasteiger partial charge in [0.15, 0.2) is 0 Å². The number of hydrogen-bond donors (Lipinski definition) is 1. The Morgan fingerprint density at radius 1 is 0.900 bits per heavy atom. The van der Waals surface area contributed by atoms with Crippen LogP contribution in [0.15, 0.2) is 0 Å². The molecule has 0 radical (unpaired) electrons. The van der Waals surface area contributed by atoms with E-state index in [0.29, 0.717) is 5.54 Å². The van der Waals surface area contributed by atoms with Crippen molar-refractivity contribution in [3.63, 3.8) is 0 Å². The molecule has 0 atom stereocenters. The quantitative estimate of drug-likeness (QED) is 0.574. The summed E-state index contributed by atoms with van der Waals surface area (Å²) in [7, 11) is 0. The summed E-state index contributed by atoms with van der Waals surface area (Å²) in [5, 5.41) is 3.56. The monoisotopic (exact) mass is 161 g/mol. The Morgan fingerprint density at radius 2 is 1.50 bits per heavy atom. The molecule has 2 fully saturated rings. The van der Waals surface area contributed by atoms with E-state index in [1.165, 1.54) is 45.1 Å². The third kappa shape index (κ3) is 1.30. The summed E-state index contributed by atoms with van der Waals surface area (Å²) in [6, 6.07) is 0. The molecule has 0 unspecified atom stereocenters. The largest absolute Gasteiger partial charge is 0.311 e. The summed E-state index contributed by atoms with van der Waals surface area (Å²) < 4.78 is 0. The molecule has 1 saturated heterocycles. The number of nitrogens with one attached hydrogen (secondary N) is 1. The summed E-state index contributed by atoms with van der Waals surface area (Å²) >= 11 is 0. The standard InChI is InChI=1S/C8H15N.ClH/c1-2-4-8(5-3-1)6-7-9-8;/h9H,1-7H2;1H. The zero-order valence-corrected chi connectivity index (χ0v) is 7.17. The second-order valence-corrected chi connectivity index (χ2v) is 3.52.